The number of nitrogens with two attached hydrogens (primary N) is 1. The Bertz CT molecular complexity index is 237. The summed E-state index contributed by atoms with van der Waals surface area (Å²) in [5.74, 6) is 0. The van der Waals surface area contributed by atoms with Gasteiger partial charge < -0.3 is 10.8 Å². The maximum Gasteiger partial charge on any atom is 0.108 e. The summed E-state index contributed by atoms with van der Waals surface area (Å²) in [6.45, 7) is 2.17. The van der Waals surface area contributed by atoms with Gasteiger partial charge in [-0.05, 0) is 24.6 Å². The summed E-state index contributed by atoms with van der Waals surface area (Å²) in [7, 11) is 0. The van der Waals surface area contributed by atoms with Gasteiger partial charge in [-0.25, -0.2) is 0 Å². The predicted molar refractivity (Wildman–Crippen MR) is 43.0 cm³/mol. The smallest absolute Gasteiger partial charge is 0.108 e. The minimum atomic E-state index is -0.630. The van der Waals surface area contributed by atoms with E-state index < -0.39 is 6.10 Å². The van der Waals surface area contributed by atoms with Gasteiger partial charge in [0.25, 0.3) is 0 Å². The molecule has 0 bridgehead atoms. The van der Waals surface area contributed by atoms with Crippen molar-refractivity contribution >= 4 is 0 Å². The van der Waals surface area contributed by atoms with Crippen molar-refractivity contribution in [2.75, 3.05) is 6.54 Å². The second-order valence-electron chi connectivity index (χ2n) is 2.51. The Kier molecular flexibility index (Phi) is 2.57. The van der Waals surface area contributed by atoms with Gasteiger partial charge in [0.15, 0.2) is 0 Å². The Morgan fingerprint density at radius 2 is 2.45 bits per heavy atom. The van der Waals surface area contributed by atoms with Gasteiger partial charge in [0.2, 0.25) is 0 Å². The van der Waals surface area contributed by atoms with Gasteiger partial charge in [0, 0.05) is 12.7 Å². The highest BCUT2D eigenvalue weighted by Gasteiger charge is 2.04. The van der Waals surface area contributed by atoms with Gasteiger partial charge in [-0.15, -0.1) is 0 Å². The molecule has 11 heavy (non-hydrogen) atoms. The first-order chi connectivity index (χ1) is 5.24. The standard InChI is InChI=1S/C8H12N2O/c1-6-2-3-10-7(4-6)8(11)5-9/h2-4,8,11H,5,9H2,1H3/t8-/m1/s1. The Morgan fingerprint density at radius 3 is 3.00 bits per heavy atom. The summed E-state index contributed by atoms with van der Waals surface area (Å²) in [6.07, 6.45) is 1.04. The number of hydrogen-bond donors (Lipinski definition) is 2. The van der Waals surface area contributed by atoms with E-state index in [0.29, 0.717) is 5.69 Å². The van der Waals surface area contributed by atoms with Gasteiger partial charge in [-0.1, -0.05) is 0 Å². The molecule has 0 fully saturated rings. The summed E-state index contributed by atoms with van der Waals surface area (Å²) < 4.78 is 0. The number of aryl methyl sites for hydroxylation is 1. The molecule has 1 rings (SSSR count). The molecule has 0 saturated heterocycles. The SMILES string of the molecule is Cc1ccnc([C@H](O)CN)c1. The zero-order valence-electron chi connectivity index (χ0n) is 6.49. The zero-order chi connectivity index (χ0) is 8.27. The van der Waals surface area contributed by atoms with E-state index in [0.717, 1.165) is 5.56 Å². The van der Waals surface area contributed by atoms with Crippen molar-refractivity contribution in [1.29, 1.82) is 0 Å². The first kappa shape index (κ1) is 8.17. The molecule has 1 aromatic heterocycles. The molecule has 1 aromatic rings. The van der Waals surface area contributed by atoms with Crippen LogP contribution in [0.4, 0.5) is 0 Å². The Hall–Kier alpha value is -0.930. The highest BCUT2D eigenvalue weighted by molar-refractivity contribution is 5.16. The first-order valence-electron chi connectivity index (χ1n) is 3.54. The highest BCUT2D eigenvalue weighted by atomic mass is 16.3. The number of rotatable bonds is 2. The Balaban J connectivity index is 2.86. The van der Waals surface area contributed by atoms with Gasteiger partial charge >= 0.3 is 0 Å². The van der Waals surface area contributed by atoms with Gasteiger partial charge in [-0.3, -0.25) is 4.98 Å². The lowest BCUT2D eigenvalue weighted by atomic mass is 10.2. The van der Waals surface area contributed by atoms with E-state index in [9.17, 15) is 5.11 Å². The minimum absolute atomic E-state index is 0.219. The van der Waals surface area contributed by atoms with Crippen molar-refractivity contribution in [3.05, 3.63) is 29.6 Å². The molecule has 1 heterocycles. The lowest BCUT2D eigenvalue weighted by Gasteiger charge is -2.06. The molecule has 3 N–H and O–H groups in total. The average Bonchev–Trinajstić information content (AvgIpc) is 2.03. The largest absolute Gasteiger partial charge is 0.385 e. The van der Waals surface area contributed by atoms with E-state index >= 15 is 0 Å². The summed E-state index contributed by atoms with van der Waals surface area (Å²) in [5.41, 5.74) is 7.00. The van der Waals surface area contributed by atoms with Crippen molar-refractivity contribution in [2.24, 2.45) is 5.73 Å². The van der Waals surface area contributed by atoms with Crippen LogP contribution in [0.1, 0.15) is 17.4 Å². The third-order valence-electron chi connectivity index (χ3n) is 1.50. The number of aromatic nitrogens is 1. The molecular formula is C8H12N2O. The molecule has 0 amide bonds. The molecule has 0 spiro atoms. The maximum atomic E-state index is 9.27. The summed E-state index contributed by atoms with van der Waals surface area (Å²) in [4.78, 5) is 3.98. The van der Waals surface area contributed by atoms with E-state index in [1.165, 1.54) is 0 Å². The van der Waals surface area contributed by atoms with Crippen LogP contribution in [0.5, 0.6) is 0 Å². The lowest BCUT2D eigenvalue weighted by molar-refractivity contribution is 0.182. The number of aliphatic hydroxyl groups excluding tert-OH is 1. The summed E-state index contributed by atoms with van der Waals surface area (Å²) in [6, 6.07) is 3.71. The second kappa shape index (κ2) is 3.46. The van der Waals surface area contributed by atoms with E-state index in [1.54, 1.807) is 6.20 Å². The molecule has 60 valence electrons. The normalized spacial score (nSPS) is 13.0. The third-order valence-corrected chi connectivity index (χ3v) is 1.50. The van der Waals surface area contributed by atoms with Crippen LogP contribution in [0.3, 0.4) is 0 Å². The fourth-order valence-corrected chi connectivity index (χ4v) is 0.863. The van der Waals surface area contributed by atoms with Crippen molar-refractivity contribution in [1.82, 2.24) is 4.98 Å². The monoisotopic (exact) mass is 152 g/mol. The number of pyridine rings is 1. The van der Waals surface area contributed by atoms with E-state index in [1.807, 2.05) is 19.1 Å². The number of hydrogen-bond acceptors (Lipinski definition) is 3. The fourth-order valence-electron chi connectivity index (χ4n) is 0.863. The molecule has 3 nitrogen and oxygen atoms in total. The van der Waals surface area contributed by atoms with Crippen molar-refractivity contribution in [3.8, 4) is 0 Å². The van der Waals surface area contributed by atoms with Gasteiger partial charge in [-0.2, -0.15) is 0 Å². The van der Waals surface area contributed by atoms with E-state index in [2.05, 4.69) is 4.98 Å². The predicted octanol–water partition coefficient (Wildman–Crippen LogP) is 0.382. The zero-order valence-corrected chi connectivity index (χ0v) is 6.49. The first-order valence-corrected chi connectivity index (χ1v) is 3.54. The minimum Gasteiger partial charge on any atom is -0.385 e. The quantitative estimate of drug-likeness (QED) is 0.644. The summed E-state index contributed by atoms with van der Waals surface area (Å²) >= 11 is 0. The van der Waals surface area contributed by atoms with Crippen LogP contribution in [0.2, 0.25) is 0 Å². The molecule has 0 aliphatic rings. The lowest BCUT2D eigenvalue weighted by Crippen LogP contribution is -2.12. The molecule has 0 aliphatic carbocycles. The van der Waals surface area contributed by atoms with Crippen LogP contribution in [-0.2, 0) is 0 Å². The van der Waals surface area contributed by atoms with Gasteiger partial charge in [0.1, 0.15) is 6.10 Å². The van der Waals surface area contributed by atoms with Crippen LogP contribution in [0.25, 0.3) is 0 Å². The molecule has 1 atom stereocenters. The molecule has 3 heteroatoms. The molecular weight excluding hydrogens is 140 g/mol. The van der Waals surface area contributed by atoms with Crippen LogP contribution in [0.15, 0.2) is 18.3 Å². The highest BCUT2D eigenvalue weighted by Crippen LogP contribution is 2.08. The third kappa shape index (κ3) is 2.00. The Labute approximate surface area is 65.9 Å². The molecule has 0 aromatic carbocycles. The van der Waals surface area contributed by atoms with Crippen LogP contribution in [-0.4, -0.2) is 16.6 Å². The van der Waals surface area contributed by atoms with Gasteiger partial charge in [0.05, 0.1) is 5.69 Å². The number of nitrogens with zero attached hydrogens (tertiary/aromatic N) is 1. The molecule has 0 unspecified atom stereocenters. The molecule has 0 saturated carbocycles. The van der Waals surface area contributed by atoms with Crippen LogP contribution >= 0.6 is 0 Å². The molecule has 0 aliphatic heterocycles. The molecule has 0 radical (unpaired) electrons. The van der Waals surface area contributed by atoms with Crippen molar-refractivity contribution < 1.29 is 5.11 Å². The van der Waals surface area contributed by atoms with Crippen molar-refractivity contribution in [2.45, 2.75) is 13.0 Å². The summed E-state index contributed by atoms with van der Waals surface area (Å²) in [5, 5.41) is 9.27. The van der Waals surface area contributed by atoms with E-state index in [4.69, 9.17) is 5.73 Å². The topological polar surface area (TPSA) is 59.1 Å². The fraction of sp³-hybridized carbons (Fsp3) is 0.375. The average molecular weight is 152 g/mol. The maximum absolute atomic E-state index is 9.27. The van der Waals surface area contributed by atoms with Crippen molar-refractivity contribution in [3.63, 3.8) is 0 Å². The Morgan fingerprint density at radius 1 is 1.73 bits per heavy atom. The number of aliphatic hydroxyl groups is 1. The second-order valence-corrected chi connectivity index (χ2v) is 2.51. The van der Waals surface area contributed by atoms with E-state index in [-0.39, 0.29) is 6.54 Å². The van der Waals surface area contributed by atoms with Crippen LogP contribution in [0, 0.1) is 6.92 Å². The van der Waals surface area contributed by atoms with Crippen LogP contribution < -0.4 is 5.73 Å².